The van der Waals surface area contributed by atoms with Gasteiger partial charge in [-0.3, -0.25) is 9.78 Å². The molecule has 0 spiro atoms. The molecule has 2 atom stereocenters. The quantitative estimate of drug-likeness (QED) is 0.709. The molecule has 0 aliphatic carbocycles. The molecule has 100 valence electrons. The van der Waals surface area contributed by atoms with Crippen molar-refractivity contribution in [1.82, 2.24) is 10.3 Å². The molecular formula is C13H21N3O2. The number of rotatable bonds is 7. The number of ether oxygens (including phenoxy) is 1. The zero-order valence-electron chi connectivity index (χ0n) is 10.9. The van der Waals surface area contributed by atoms with E-state index < -0.39 is 6.04 Å². The monoisotopic (exact) mass is 251 g/mol. The average Bonchev–Trinajstić information content (AvgIpc) is 2.39. The van der Waals surface area contributed by atoms with E-state index in [9.17, 15) is 4.79 Å². The highest BCUT2D eigenvalue weighted by atomic mass is 16.5. The molecule has 5 heteroatoms. The van der Waals surface area contributed by atoms with Crippen LogP contribution in [0, 0.1) is 0 Å². The first-order valence-electron chi connectivity index (χ1n) is 6.10. The summed E-state index contributed by atoms with van der Waals surface area (Å²) in [6.45, 7) is 2.54. The number of nitrogens with zero attached hydrogens (tertiary/aromatic N) is 1. The first-order chi connectivity index (χ1) is 8.65. The van der Waals surface area contributed by atoms with Gasteiger partial charge in [0.25, 0.3) is 0 Å². The van der Waals surface area contributed by atoms with E-state index >= 15 is 0 Å². The van der Waals surface area contributed by atoms with Crippen LogP contribution in [0.15, 0.2) is 24.5 Å². The maximum absolute atomic E-state index is 11.8. The number of carbonyl (C=O) groups is 1. The fourth-order valence-electron chi connectivity index (χ4n) is 1.61. The summed E-state index contributed by atoms with van der Waals surface area (Å²) in [7, 11) is 1.63. The molecule has 0 aliphatic rings. The van der Waals surface area contributed by atoms with Crippen LogP contribution < -0.4 is 11.1 Å². The van der Waals surface area contributed by atoms with Crippen molar-refractivity contribution < 1.29 is 9.53 Å². The molecule has 0 bridgehead atoms. The van der Waals surface area contributed by atoms with Gasteiger partial charge in [-0.1, -0.05) is 6.07 Å². The molecule has 0 saturated carbocycles. The number of carbonyl (C=O) groups excluding carboxylic acids is 1. The van der Waals surface area contributed by atoms with Crippen LogP contribution in [0.2, 0.25) is 0 Å². The van der Waals surface area contributed by atoms with Gasteiger partial charge in [0.2, 0.25) is 5.91 Å². The van der Waals surface area contributed by atoms with E-state index in [4.69, 9.17) is 10.5 Å². The summed E-state index contributed by atoms with van der Waals surface area (Å²) in [4.78, 5) is 15.8. The lowest BCUT2D eigenvalue weighted by molar-refractivity contribution is -0.123. The minimum Gasteiger partial charge on any atom is -0.385 e. The van der Waals surface area contributed by atoms with Crippen molar-refractivity contribution in [2.75, 3.05) is 13.7 Å². The van der Waals surface area contributed by atoms with Crippen molar-refractivity contribution in [3.05, 3.63) is 30.1 Å². The van der Waals surface area contributed by atoms with Crippen LogP contribution in [0.4, 0.5) is 0 Å². The van der Waals surface area contributed by atoms with E-state index in [1.54, 1.807) is 19.5 Å². The lowest BCUT2D eigenvalue weighted by Gasteiger charge is -2.17. The molecule has 3 N–H and O–H groups in total. The summed E-state index contributed by atoms with van der Waals surface area (Å²) in [5.74, 6) is -0.137. The van der Waals surface area contributed by atoms with Crippen LogP contribution in [-0.4, -0.2) is 30.6 Å². The second kappa shape index (κ2) is 7.79. The smallest absolute Gasteiger partial charge is 0.237 e. The van der Waals surface area contributed by atoms with Crippen molar-refractivity contribution in [3.8, 4) is 0 Å². The maximum Gasteiger partial charge on any atom is 0.237 e. The van der Waals surface area contributed by atoms with E-state index in [-0.39, 0.29) is 11.9 Å². The summed E-state index contributed by atoms with van der Waals surface area (Å²) >= 11 is 0. The van der Waals surface area contributed by atoms with Gasteiger partial charge in [0.1, 0.15) is 0 Å². The minimum absolute atomic E-state index is 0.0836. The zero-order valence-corrected chi connectivity index (χ0v) is 10.9. The molecular weight excluding hydrogens is 230 g/mol. The molecule has 0 saturated heterocycles. The number of aromatic nitrogens is 1. The normalized spacial score (nSPS) is 13.9. The molecule has 1 heterocycles. The molecule has 1 aromatic rings. The molecule has 0 aliphatic heterocycles. The molecule has 1 unspecified atom stereocenters. The molecule has 0 fully saturated rings. The number of hydrogen-bond acceptors (Lipinski definition) is 4. The van der Waals surface area contributed by atoms with E-state index in [2.05, 4.69) is 10.3 Å². The minimum atomic E-state index is -0.487. The second-order valence-corrected chi connectivity index (χ2v) is 4.26. The molecule has 0 radical (unpaired) electrons. The Bertz CT molecular complexity index is 357. The predicted octanol–water partition coefficient (Wildman–Crippen LogP) is 1.01. The Kier molecular flexibility index (Phi) is 6.32. The van der Waals surface area contributed by atoms with Crippen LogP contribution in [0.5, 0.6) is 0 Å². The number of amides is 1. The van der Waals surface area contributed by atoms with Gasteiger partial charge in [0, 0.05) is 26.1 Å². The third-order valence-corrected chi connectivity index (χ3v) is 2.74. The summed E-state index contributed by atoms with van der Waals surface area (Å²) < 4.78 is 4.93. The summed E-state index contributed by atoms with van der Waals surface area (Å²) in [5, 5.41) is 2.88. The van der Waals surface area contributed by atoms with Gasteiger partial charge in [-0.25, -0.2) is 0 Å². The predicted molar refractivity (Wildman–Crippen MR) is 69.9 cm³/mol. The lowest BCUT2D eigenvalue weighted by atomic mass is 10.1. The fraction of sp³-hybridized carbons (Fsp3) is 0.538. The molecule has 5 nitrogen and oxygen atoms in total. The van der Waals surface area contributed by atoms with Crippen LogP contribution in [0.25, 0.3) is 0 Å². The lowest BCUT2D eigenvalue weighted by Crippen LogP contribution is -2.41. The molecule has 1 rings (SSSR count). The Morgan fingerprint density at radius 3 is 3.00 bits per heavy atom. The van der Waals surface area contributed by atoms with Gasteiger partial charge in [0.05, 0.1) is 12.1 Å². The van der Waals surface area contributed by atoms with E-state index in [0.717, 1.165) is 12.0 Å². The number of methoxy groups -OCH3 is 1. The van der Waals surface area contributed by atoms with Crippen LogP contribution >= 0.6 is 0 Å². The van der Waals surface area contributed by atoms with E-state index in [1.165, 1.54) is 0 Å². The number of nitrogens with one attached hydrogen (secondary N) is 1. The Hall–Kier alpha value is -1.46. The third-order valence-electron chi connectivity index (χ3n) is 2.74. The van der Waals surface area contributed by atoms with Crippen LogP contribution in [0.1, 0.15) is 31.4 Å². The maximum atomic E-state index is 11.8. The van der Waals surface area contributed by atoms with Gasteiger partial charge in [-0.2, -0.15) is 0 Å². The highest BCUT2D eigenvalue weighted by molar-refractivity contribution is 5.81. The highest BCUT2D eigenvalue weighted by Gasteiger charge is 2.16. The largest absolute Gasteiger partial charge is 0.385 e. The topological polar surface area (TPSA) is 77.2 Å². The van der Waals surface area contributed by atoms with Crippen molar-refractivity contribution in [2.45, 2.75) is 31.8 Å². The Morgan fingerprint density at radius 2 is 2.39 bits per heavy atom. The third kappa shape index (κ3) is 4.81. The number of pyridine rings is 1. The molecule has 18 heavy (non-hydrogen) atoms. The Labute approximate surface area is 108 Å². The molecule has 1 aromatic heterocycles. The van der Waals surface area contributed by atoms with Crippen LogP contribution in [0.3, 0.4) is 0 Å². The summed E-state index contributed by atoms with van der Waals surface area (Å²) in [6.07, 6.45) is 4.85. The Balaban J connectivity index is 2.39. The van der Waals surface area contributed by atoms with Gasteiger partial charge >= 0.3 is 0 Å². The van der Waals surface area contributed by atoms with Gasteiger partial charge in [-0.05, 0) is 31.4 Å². The van der Waals surface area contributed by atoms with Gasteiger partial charge in [0.15, 0.2) is 0 Å². The van der Waals surface area contributed by atoms with Crippen molar-refractivity contribution in [3.63, 3.8) is 0 Å². The van der Waals surface area contributed by atoms with Crippen molar-refractivity contribution in [1.29, 1.82) is 0 Å². The van der Waals surface area contributed by atoms with Crippen LogP contribution in [-0.2, 0) is 9.53 Å². The van der Waals surface area contributed by atoms with Crippen molar-refractivity contribution >= 4 is 5.91 Å². The van der Waals surface area contributed by atoms with Crippen molar-refractivity contribution in [2.24, 2.45) is 5.73 Å². The first-order valence-corrected chi connectivity index (χ1v) is 6.10. The molecule has 1 amide bonds. The van der Waals surface area contributed by atoms with Gasteiger partial charge in [-0.15, -0.1) is 0 Å². The number of hydrogen-bond donors (Lipinski definition) is 2. The van der Waals surface area contributed by atoms with E-state index in [0.29, 0.717) is 13.0 Å². The van der Waals surface area contributed by atoms with E-state index in [1.807, 2.05) is 19.1 Å². The first kappa shape index (κ1) is 14.6. The second-order valence-electron chi connectivity index (χ2n) is 4.26. The molecule has 0 aromatic carbocycles. The number of nitrogens with two attached hydrogens (primary N) is 1. The Morgan fingerprint density at radius 1 is 1.61 bits per heavy atom. The van der Waals surface area contributed by atoms with Gasteiger partial charge < -0.3 is 15.8 Å². The fourth-order valence-corrected chi connectivity index (χ4v) is 1.61. The highest BCUT2D eigenvalue weighted by Crippen LogP contribution is 2.10. The summed E-state index contributed by atoms with van der Waals surface area (Å²) in [5.41, 5.74) is 6.77. The average molecular weight is 251 g/mol. The SMILES string of the molecule is COCCCC(N)C(=O)N[C@H](C)c1cccnc1. The standard InChI is InChI=1S/C13H21N3O2/c1-10(11-5-3-7-15-9-11)16-13(17)12(14)6-4-8-18-2/h3,5,7,9-10,12H,4,6,8,14H2,1-2H3,(H,16,17)/t10-,12?/m1/s1. The zero-order chi connectivity index (χ0) is 13.4. The summed E-state index contributed by atoms with van der Waals surface area (Å²) in [6, 6.07) is 3.20.